The lowest BCUT2D eigenvalue weighted by molar-refractivity contribution is 0.241. The van der Waals surface area contributed by atoms with Gasteiger partial charge in [-0.25, -0.2) is 4.98 Å². The summed E-state index contributed by atoms with van der Waals surface area (Å²) in [6.07, 6.45) is 7.63. The molecule has 4 rings (SSSR count). The van der Waals surface area contributed by atoms with E-state index in [4.69, 9.17) is 4.98 Å². The molecule has 0 saturated carbocycles. The second-order valence-corrected chi connectivity index (χ2v) is 8.01. The number of aromatic amines is 1. The molecule has 2 aliphatic rings. The monoisotopic (exact) mass is 378 g/mol. The van der Waals surface area contributed by atoms with Crippen LogP contribution in [-0.4, -0.2) is 33.7 Å². The predicted molar refractivity (Wildman–Crippen MR) is 113 cm³/mol. The highest BCUT2D eigenvalue weighted by Gasteiger charge is 2.22. The van der Waals surface area contributed by atoms with Crippen molar-refractivity contribution in [3.63, 3.8) is 0 Å². The van der Waals surface area contributed by atoms with Crippen molar-refractivity contribution in [3.05, 3.63) is 62.8 Å². The number of hydrogen-bond acceptors (Lipinski definition) is 4. The molecule has 3 heterocycles. The highest BCUT2D eigenvalue weighted by atomic mass is 16.1. The highest BCUT2D eigenvalue weighted by Crippen LogP contribution is 2.18. The third kappa shape index (κ3) is 4.41. The smallest absolute Gasteiger partial charge is 0.255 e. The first-order valence-electron chi connectivity index (χ1n) is 10.7. The first kappa shape index (κ1) is 19.1. The van der Waals surface area contributed by atoms with Gasteiger partial charge >= 0.3 is 0 Å². The van der Waals surface area contributed by atoms with Crippen molar-refractivity contribution in [1.29, 1.82) is 0 Å². The van der Waals surface area contributed by atoms with Gasteiger partial charge in [-0.3, -0.25) is 14.7 Å². The van der Waals surface area contributed by atoms with Crippen LogP contribution in [0.25, 0.3) is 0 Å². The van der Waals surface area contributed by atoms with Gasteiger partial charge < -0.3 is 4.98 Å². The van der Waals surface area contributed by atoms with Crippen LogP contribution in [0.3, 0.4) is 0 Å². The van der Waals surface area contributed by atoms with Crippen LogP contribution in [0.15, 0.2) is 34.1 Å². The summed E-state index contributed by atoms with van der Waals surface area (Å²) in [6.45, 7) is 5.56. The number of benzene rings is 1. The quantitative estimate of drug-likeness (QED) is 0.835. The molecular formula is C23H30N4O. The molecule has 1 aromatic heterocycles. The Bertz CT molecular complexity index is 898. The maximum atomic E-state index is 12.7. The van der Waals surface area contributed by atoms with E-state index in [-0.39, 0.29) is 5.56 Å². The van der Waals surface area contributed by atoms with Crippen LogP contribution in [0, 0.1) is 0 Å². The Labute approximate surface area is 166 Å². The van der Waals surface area contributed by atoms with E-state index in [2.05, 4.69) is 46.1 Å². The maximum Gasteiger partial charge on any atom is 0.255 e. The molecule has 1 aromatic carbocycles. The Morgan fingerprint density at radius 3 is 2.68 bits per heavy atom. The van der Waals surface area contributed by atoms with Gasteiger partial charge in [0.25, 0.3) is 5.56 Å². The Kier molecular flexibility index (Phi) is 6.01. The van der Waals surface area contributed by atoms with Crippen molar-refractivity contribution in [2.45, 2.75) is 65.0 Å². The van der Waals surface area contributed by atoms with Crippen molar-refractivity contribution >= 4 is 5.71 Å². The van der Waals surface area contributed by atoms with Crippen molar-refractivity contribution in [3.8, 4) is 0 Å². The van der Waals surface area contributed by atoms with Crippen molar-refractivity contribution < 1.29 is 0 Å². The Morgan fingerprint density at radius 1 is 1.11 bits per heavy atom. The van der Waals surface area contributed by atoms with Crippen LogP contribution < -0.4 is 5.56 Å². The lowest BCUT2D eigenvalue weighted by atomic mass is 10.0. The van der Waals surface area contributed by atoms with Crippen LogP contribution in [0.5, 0.6) is 0 Å². The number of aliphatic imine (C=N–C) groups is 1. The Balaban J connectivity index is 1.44. The van der Waals surface area contributed by atoms with E-state index in [0.29, 0.717) is 12.4 Å². The van der Waals surface area contributed by atoms with E-state index in [1.165, 1.54) is 24.0 Å². The first-order valence-corrected chi connectivity index (χ1v) is 10.7. The van der Waals surface area contributed by atoms with Gasteiger partial charge in [0.15, 0.2) is 5.82 Å². The van der Waals surface area contributed by atoms with Gasteiger partial charge in [0.1, 0.15) is 0 Å². The van der Waals surface area contributed by atoms with E-state index in [9.17, 15) is 4.79 Å². The van der Waals surface area contributed by atoms with Gasteiger partial charge in [-0.05, 0) is 43.2 Å². The van der Waals surface area contributed by atoms with Gasteiger partial charge in [0, 0.05) is 32.6 Å². The molecule has 0 aliphatic carbocycles. The minimum absolute atomic E-state index is 0.00730. The SMILES string of the molecule is CCCCc1ccc(CN2CCc3nc(C4=NCCCC4)[nH]c(=O)c3C2)cc1. The molecule has 2 aliphatic heterocycles. The molecule has 1 N–H and O–H groups in total. The molecule has 28 heavy (non-hydrogen) atoms. The minimum atomic E-state index is 0.00730. The molecule has 0 atom stereocenters. The second-order valence-electron chi connectivity index (χ2n) is 8.01. The number of nitrogens with one attached hydrogen (secondary N) is 1. The van der Waals surface area contributed by atoms with Gasteiger partial charge in [0.05, 0.1) is 17.0 Å². The topological polar surface area (TPSA) is 61.4 Å². The van der Waals surface area contributed by atoms with Crippen LogP contribution in [-0.2, 0) is 25.9 Å². The van der Waals surface area contributed by atoms with Crippen LogP contribution in [0.2, 0.25) is 0 Å². The number of rotatable bonds is 6. The molecule has 0 bridgehead atoms. The van der Waals surface area contributed by atoms with E-state index >= 15 is 0 Å². The molecule has 0 saturated heterocycles. The van der Waals surface area contributed by atoms with Crippen molar-refractivity contribution in [1.82, 2.24) is 14.9 Å². The Hall–Kier alpha value is -2.27. The fourth-order valence-corrected chi connectivity index (χ4v) is 4.09. The zero-order chi connectivity index (χ0) is 19.3. The standard InChI is InChI=1S/C23H30N4O/c1-2-3-6-17-8-10-18(11-9-17)15-27-14-12-20-19(16-27)23(28)26-22(25-20)21-7-4-5-13-24-21/h8-11H,2-7,12-16H2,1H3,(H,25,26,28). The predicted octanol–water partition coefficient (Wildman–Crippen LogP) is 3.64. The third-order valence-corrected chi connectivity index (χ3v) is 5.79. The summed E-state index contributed by atoms with van der Waals surface area (Å²) in [5.74, 6) is 0.694. The van der Waals surface area contributed by atoms with Crippen LogP contribution >= 0.6 is 0 Å². The first-order chi connectivity index (χ1) is 13.7. The second kappa shape index (κ2) is 8.82. The molecule has 0 unspecified atom stereocenters. The fourth-order valence-electron chi connectivity index (χ4n) is 4.09. The molecule has 5 nitrogen and oxygen atoms in total. The number of aryl methyl sites for hydroxylation is 1. The zero-order valence-corrected chi connectivity index (χ0v) is 16.8. The third-order valence-electron chi connectivity index (χ3n) is 5.79. The number of aromatic nitrogens is 2. The molecule has 148 valence electrons. The number of hydrogen-bond donors (Lipinski definition) is 1. The summed E-state index contributed by atoms with van der Waals surface area (Å²) in [4.78, 5) is 27.4. The van der Waals surface area contributed by atoms with Gasteiger partial charge in [0.2, 0.25) is 0 Å². The average Bonchev–Trinajstić information content (AvgIpc) is 2.74. The zero-order valence-electron chi connectivity index (χ0n) is 16.8. The molecular weight excluding hydrogens is 348 g/mol. The van der Waals surface area contributed by atoms with E-state index < -0.39 is 0 Å². The van der Waals surface area contributed by atoms with E-state index in [0.717, 1.165) is 68.7 Å². The summed E-state index contributed by atoms with van der Waals surface area (Å²) in [5, 5.41) is 0. The Morgan fingerprint density at radius 2 is 1.93 bits per heavy atom. The number of H-pyrrole nitrogens is 1. The lowest BCUT2D eigenvalue weighted by Gasteiger charge is -2.28. The number of nitrogens with zero attached hydrogens (tertiary/aromatic N) is 3. The summed E-state index contributed by atoms with van der Waals surface area (Å²) in [5.41, 5.74) is 5.48. The molecule has 0 radical (unpaired) electrons. The lowest BCUT2D eigenvalue weighted by Crippen LogP contribution is -2.36. The van der Waals surface area contributed by atoms with Crippen LogP contribution in [0.4, 0.5) is 0 Å². The normalized spacial score (nSPS) is 17.2. The summed E-state index contributed by atoms with van der Waals surface area (Å²) in [6, 6.07) is 8.95. The maximum absolute atomic E-state index is 12.7. The molecule has 0 spiro atoms. The fraction of sp³-hybridized carbons (Fsp3) is 0.522. The summed E-state index contributed by atoms with van der Waals surface area (Å²) >= 11 is 0. The van der Waals surface area contributed by atoms with Gasteiger partial charge in [-0.15, -0.1) is 0 Å². The average molecular weight is 379 g/mol. The van der Waals surface area contributed by atoms with Crippen molar-refractivity contribution in [2.24, 2.45) is 4.99 Å². The summed E-state index contributed by atoms with van der Waals surface area (Å²) in [7, 11) is 0. The number of unbranched alkanes of at least 4 members (excludes halogenated alkanes) is 1. The number of fused-ring (bicyclic) bond motifs is 1. The molecule has 0 fully saturated rings. The molecule has 0 amide bonds. The molecule has 2 aromatic rings. The van der Waals surface area contributed by atoms with Crippen molar-refractivity contribution in [2.75, 3.05) is 13.1 Å². The van der Waals surface area contributed by atoms with Gasteiger partial charge in [-0.2, -0.15) is 0 Å². The highest BCUT2D eigenvalue weighted by molar-refractivity contribution is 5.97. The molecule has 5 heteroatoms. The van der Waals surface area contributed by atoms with Crippen LogP contribution in [0.1, 0.15) is 67.2 Å². The van der Waals surface area contributed by atoms with Gasteiger partial charge in [-0.1, -0.05) is 37.6 Å². The minimum Gasteiger partial charge on any atom is -0.305 e. The van der Waals surface area contributed by atoms with E-state index in [1.807, 2.05) is 0 Å². The largest absolute Gasteiger partial charge is 0.305 e. The van der Waals surface area contributed by atoms with E-state index in [1.54, 1.807) is 0 Å². The summed E-state index contributed by atoms with van der Waals surface area (Å²) < 4.78 is 0.